The van der Waals surface area contributed by atoms with Crippen LogP contribution in [0.5, 0.6) is 0 Å². The lowest BCUT2D eigenvalue weighted by Crippen LogP contribution is -2.34. The number of carbonyl (C=O) groups is 2. The number of hydrogen-bond acceptors (Lipinski definition) is 5. The number of Topliss-reactive ketones (excluding diaryl/α,β-unsaturated/α-hetero) is 1. The fourth-order valence-electron chi connectivity index (χ4n) is 1.86. The van der Waals surface area contributed by atoms with Crippen LogP contribution in [0.4, 0.5) is 11.4 Å². The number of hydrogen-bond donors (Lipinski definition) is 2. The summed E-state index contributed by atoms with van der Waals surface area (Å²) in [4.78, 5) is 33.2. The number of anilines is 1. The van der Waals surface area contributed by atoms with Gasteiger partial charge in [0, 0.05) is 18.1 Å². The zero-order valence-corrected chi connectivity index (χ0v) is 12.1. The topological polar surface area (TPSA) is 110 Å². The van der Waals surface area contributed by atoms with Gasteiger partial charge in [0.25, 0.3) is 5.69 Å². The van der Waals surface area contributed by atoms with Crippen LogP contribution in [0.2, 0.25) is 0 Å². The maximum atomic E-state index is 11.6. The van der Waals surface area contributed by atoms with E-state index in [-0.39, 0.29) is 35.1 Å². The zero-order valence-electron chi connectivity index (χ0n) is 12.1. The molecule has 0 saturated carbocycles. The molecule has 0 bridgehead atoms. The van der Waals surface area contributed by atoms with Gasteiger partial charge in [0.05, 0.1) is 4.92 Å². The molecule has 0 aliphatic heterocycles. The molecule has 0 amide bonds. The summed E-state index contributed by atoms with van der Waals surface area (Å²) in [5.74, 6) is -1.55. The van der Waals surface area contributed by atoms with Crippen LogP contribution in [-0.2, 0) is 4.79 Å². The molecule has 0 saturated heterocycles. The quantitative estimate of drug-likeness (QED) is 0.454. The van der Waals surface area contributed by atoms with Gasteiger partial charge in [-0.25, -0.2) is 4.79 Å². The van der Waals surface area contributed by atoms with Gasteiger partial charge in [0.2, 0.25) is 0 Å². The molecule has 0 spiro atoms. The van der Waals surface area contributed by atoms with Gasteiger partial charge < -0.3 is 10.4 Å². The lowest BCUT2D eigenvalue weighted by molar-refractivity contribution is -0.384. The van der Waals surface area contributed by atoms with E-state index >= 15 is 0 Å². The minimum atomic E-state index is -1.09. The van der Waals surface area contributed by atoms with Crippen molar-refractivity contribution in [3.63, 3.8) is 0 Å². The van der Waals surface area contributed by atoms with Crippen LogP contribution < -0.4 is 5.32 Å². The van der Waals surface area contributed by atoms with Crippen molar-refractivity contribution >= 4 is 23.1 Å². The first-order valence-corrected chi connectivity index (χ1v) is 6.58. The smallest absolute Gasteiger partial charge is 0.326 e. The summed E-state index contributed by atoms with van der Waals surface area (Å²) in [5.41, 5.74) is 0.0288. The minimum absolute atomic E-state index is 0.0914. The third-order valence-corrected chi connectivity index (χ3v) is 3.08. The molecule has 1 aromatic rings. The summed E-state index contributed by atoms with van der Waals surface area (Å²) >= 11 is 0. The van der Waals surface area contributed by atoms with Crippen molar-refractivity contribution in [1.82, 2.24) is 0 Å². The molecule has 21 heavy (non-hydrogen) atoms. The highest BCUT2D eigenvalue weighted by molar-refractivity contribution is 5.97. The van der Waals surface area contributed by atoms with Gasteiger partial charge in [-0.05, 0) is 18.1 Å². The summed E-state index contributed by atoms with van der Waals surface area (Å²) in [6.45, 7) is 5.07. The fraction of sp³-hybridized carbons (Fsp3) is 0.429. The molecule has 114 valence electrons. The van der Waals surface area contributed by atoms with Crippen LogP contribution in [-0.4, -0.2) is 27.8 Å². The molecule has 0 aromatic heterocycles. The Hall–Kier alpha value is -2.44. The molecule has 0 unspecified atom stereocenters. The summed E-state index contributed by atoms with van der Waals surface area (Å²) in [5, 5.41) is 22.9. The molecular weight excluding hydrogens is 276 g/mol. The van der Waals surface area contributed by atoms with Crippen molar-refractivity contribution in [2.75, 3.05) is 5.32 Å². The molecule has 1 rings (SSSR count). The van der Waals surface area contributed by atoms with Gasteiger partial charge in [-0.2, -0.15) is 0 Å². The number of benzene rings is 1. The molecule has 1 aromatic carbocycles. The van der Waals surface area contributed by atoms with E-state index in [0.717, 1.165) is 0 Å². The van der Waals surface area contributed by atoms with E-state index in [1.807, 2.05) is 0 Å². The van der Waals surface area contributed by atoms with Crippen molar-refractivity contribution in [2.45, 2.75) is 33.2 Å². The number of carboxylic acid groups (broad SMARTS) is 1. The number of nitro benzene ring substituents is 1. The molecule has 0 fully saturated rings. The normalized spacial score (nSPS) is 12.0. The van der Waals surface area contributed by atoms with E-state index in [2.05, 4.69) is 5.32 Å². The van der Waals surface area contributed by atoms with Gasteiger partial charge in [-0.3, -0.25) is 14.9 Å². The number of nitrogens with zero attached hydrogens (tertiary/aromatic N) is 1. The van der Waals surface area contributed by atoms with Crippen LogP contribution in [0.25, 0.3) is 0 Å². The molecule has 7 heteroatoms. The average molecular weight is 294 g/mol. The number of ketones is 1. The lowest BCUT2D eigenvalue weighted by atomic mass is 10.0. The van der Waals surface area contributed by atoms with E-state index in [9.17, 15) is 19.7 Å². The van der Waals surface area contributed by atoms with Crippen molar-refractivity contribution in [3.05, 3.63) is 33.9 Å². The standard InChI is InChI=1S/C14H18N2O5/c1-4-12(17)9-5-6-10(11(7-9)16(20)21)15-13(8(2)3)14(18)19/h5-8,13,15H,4H2,1-3H3,(H,18,19)/t13-/m0/s1. The van der Waals surface area contributed by atoms with E-state index < -0.39 is 16.9 Å². The van der Waals surface area contributed by atoms with Crippen LogP contribution in [0.1, 0.15) is 37.6 Å². The highest BCUT2D eigenvalue weighted by Crippen LogP contribution is 2.27. The molecule has 0 aliphatic rings. The van der Waals surface area contributed by atoms with E-state index in [0.29, 0.717) is 0 Å². The second-order valence-corrected chi connectivity index (χ2v) is 4.97. The largest absolute Gasteiger partial charge is 0.480 e. The first-order chi connectivity index (χ1) is 9.77. The van der Waals surface area contributed by atoms with Gasteiger partial charge >= 0.3 is 5.97 Å². The summed E-state index contributed by atoms with van der Waals surface area (Å²) in [7, 11) is 0. The zero-order chi connectivity index (χ0) is 16.2. The Balaban J connectivity index is 3.21. The molecule has 2 N–H and O–H groups in total. The molecule has 7 nitrogen and oxygen atoms in total. The maximum Gasteiger partial charge on any atom is 0.326 e. The molecule has 0 heterocycles. The summed E-state index contributed by atoms with van der Waals surface area (Å²) < 4.78 is 0. The molecule has 0 aliphatic carbocycles. The van der Waals surface area contributed by atoms with Crippen LogP contribution in [0.3, 0.4) is 0 Å². The molecule has 1 atom stereocenters. The number of nitro groups is 1. The summed E-state index contributed by atoms with van der Waals surface area (Å²) in [6.07, 6.45) is 0.244. The van der Waals surface area contributed by atoms with E-state index in [1.165, 1.54) is 18.2 Å². The summed E-state index contributed by atoms with van der Waals surface area (Å²) in [6, 6.07) is 3.06. The first kappa shape index (κ1) is 16.6. The van der Waals surface area contributed by atoms with Crippen molar-refractivity contribution < 1.29 is 19.6 Å². The number of rotatable bonds is 7. The Morgan fingerprint density at radius 3 is 2.43 bits per heavy atom. The third kappa shape index (κ3) is 4.01. The van der Waals surface area contributed by atoms with Gasteiger partial charge in [0.15, 0.2) is 5.78 Å². The molecular formula is C14H18N2O5. The fourth-order valence-corrected chi connectivity index (χ4v) is 1.86. The predicted molar refractivity (Wildman–Crippen MR) is 77.6 cm³/mol. The Labute approximate surface area is 122 Å². The predicted octanol–water partition coefficient (Wildman–Crippen LogP) is 2.71. The highest BCUT2D eigenvalue weighted by atomic mass is 16.6. The highest BCUT2D eigenvalue weighted by Gasteiger charge is 2.25. The van der Waals surface area contributed by atoms with Crippen LogP contribution in [0.15, 0.2) is 18.2 Å². The minimum Gasteiger partial charge on any atom is -0.480 e. The number of carboxylic acids is 1. The van der Waals surface area contributed by atoms with Crippen LogP contribution in [0, 0.1) is 16.0 Å². The van der Waals surface area contributed by atoms with Gasteiger partial charge in [-0.1, -0.05) is 20.8 Å². The Morgan fingerprint density at radius 1 is 1.38 bits per heavy atom. The van der Waals surface area contributed by atoms with Gasteiger partial charge in [-0.15, -0.1) is 0 Å². The Kier molecular flexibility index (Phi) is 5.40. The van der Waals surface area contributed by atoms with Crippen molar-refractivity contribution in [1.29, 1.82) is 0 Å². The van der Waals surface area contributed by atoms with Crippen molar-refractivity contribution in [2.24, 2.45) is 5.92 Å². The SMILES string of the molecule is CCC(=O)c1ccc(N[C@H](C(=O)O)C(C)C)c([N+](=O)[O-])c1. The monoisotopic (exact) mass is 294 g/mol. The van der Waals surface area contributed by atoms with Crippen molar-refractivity contribution in [3.8, 4) is 0 Å². The maximum absolute atomic E-state index is 11.6. The second-order valence-electron chi connectivity index (χ2n) is 4.97. The van der Waals surface area contributed by atoms with Gasteiger partial charge in [0.1, 0.15) is 11.7 Å². The van der Waals surface area contributed by atoms with E-state index in [1.54, 1.807) is 20.8 Å². The van der Waals surface area contributed by atoms with Crippen LogP contribution >= 0.6 is 0 Å². The second kappa shape index (κ2) is 6.83. The number of aliphatic carboxylic acids is 1. The molecule has 0 radical (unpaired) electrons. The number of nitrogens with one attached hydrogen (secondary N) is 1. The first-order valence-electron chi connectivity index (χ1n) is 6.58. The third-order valence-electron chi connectivity index (χ3n) is 3.08. The lowest BCUT2D eigenvalue weighted by Gasteiger charge is -2.19. The van der Waals surface area contributed by atoms with E-state index in [4.69, 9.17) is 5.11 Å². The Morgan fingerprint density at radius 2 is 2.00 bits per heavy atom. The number of carbonyl (C=O) groups excluding carboxylic acids is 1. The average Bonchev–Trinajstić information content (AvgIpc) is 2.42. The Bertz CT molecular complexity index is 568.